The number of fused-ring (bicyclic) bond motifs is 1. The van der Waals surface area contributed by atoms with E-state index in [1.807, 2.05) is 31.4 Å². The van der Waals surface area contributed by atoms with Gasteiger partial charge in [-0.1, -0.05) is 41.0 Å². The van der Waals surface area contributed by atoms with Crippen molar-refractivity contribution in [1.29, 1.82) is 0 Å². The Morgan fingerprint density at radius 2 is 1.97 bits per heavy atom. The second kappa shape index (κ2) is 10.0. The van der Waals surface area contributed by atoms with Gasteiger partial charge in [-0.2, -0.15) is 0 Å². The molecular formula is C24H30Cl2N4O4. The van der Waals surface area contributed by atoms with E-state index in [1.54, 1.807) is 17.0 Å². The Hall–Kier alpha value is -2.45. The molecule has 34 heavy (non-hydrogen) atoms. The Balaban J connectivity index is 1.41. The van der Waals surface area contributed by atoms with Gasteiger partial charge in [0, 0.05) is 50.4 Å². The van der Waals surface area contributed by atoms with E-state index in [-0.39, 0.29) is 18.1 Å². The monoisotopic (exact) mass is 508 g/mol. The molecule has 0 spiro atoms. The van der Waals surface area contributed by atoms with Crippen molar-refractivity contribution in [1.82, 2.24) is 19.7 Å². The number of aromatic nitrogens is 3. The van der Waals surface area contributed by atoms with Gasteiger partial charge in [-0.3, -0.25) is 4.57 Å². The molecule has 4 rings (SSSR count). The molecule has 2 aliphatic rings. The molecule has 8 nitrogen and oxygen atoms in total. The number of rotatable bonds is 6. The highest BCUT2D eigenvalue weighted by molar-refractivity contribution is 6.42. The molecule has 184 valence electrons. The number of halogens is 2. The number of hydrogen-bond acceptors (Lipinski definition) is 6. The number of amides is 1. The van der Waals surface area contributed by atoms with Crippen molar-refractivity contribution >= 4 is 29.3 Å². The van der Waals surface area contributed by atoms with Crippen molar-refractivity contribution in [3.63, 3.8) is 0 Å². The van der Waals surface area contributed by atoms with Crippen LogP contribution >= 0.6 is 23.2 Å². The van der Waals surface area contributed by atoms with Gasteiger partial charge < -0.3 is 19.1 Å². The molecule has 1 saturated heterocycles. The van der Waals surface area contributed by atoms with Gasteiger partial charge in [-0.05, 0) is 32.9 Å². The van der Waals surface area contributed by atoms with Crippen LogP contribution in [-0.4, -0.2) is 57.2 Å². The van der Waals surface area contributed by atoms with E-state index in [0.717, 1.165) is 11.4 Å². The minimum Gasteiger partial charge on any atom is -0.489 e. The molecule has 3 heterocycles. The molecule has 1 unspecified atom stereocenters. The first-order valence-electron chi connectivity index (χ1n) is 11.4. The molecule has 1 aromatic heterocycles. The fourth-order valence-corrected chi connectivity index (χ4v) is 4.75. The predicted octanol–water partition coefficient (Wildman–Crippen LogP) is 5.27. The maximum absolute atomic E-state index is 12.3. The van der Waals surface area contributed by atoms with Crippen LogP contribution in [0.2, 0.25) is 10.0 Å². The SMILES string of the molecule is C=CCOc1ccc(Cl)c(Cl)c1C1Cc2nnc(OC3CCN(C(=O)OC(C)(C)C)CC3)n2C1. The average molecular weight is 509 g/mol. The van der Waals surface area contributed by atoms with Crippen LogP contribution in [0.5, 0.6) is 11.8 Å². The Bertz CT molecular complexity index is 1060. The summed E-state index contributed by atoms with van der Waals surface area (Å²) >= 11 is 12.9. The summed E-state index contributed by atoms with van der Waals surface area (Å²) in [6, 6.07) is 4.06. The quantitative estimate of drug-likeness (QED) is 0.494. The highest BCUT2D eigenvalue weighted by Crippen LogP contribution is 2.43. The Labute approximate surface area is 209 Å². The number of nitrogens with zero attached hydrogens (tertiary/aromatic N) is 4. The van der Waals surface area contributed by atoms with Crippen LogP contribution < -0.4 is 9.47 Å². The summed E-state index contributed by atoms with van der Waals surface area (Å²) in [4.78, 5) is 14.0. The summed E-state index contributed by atoms with van der Waals surface area (Å²) in [5.74, 6) is 1.56. The molecular weight excluding hydrogens is 479 g/mol. The van der Waals surface area contributed by atoms with Crippen molar-refractivity contribution in [2.75, 3.05) is 19.7 Å². The van der Waals surface area contributed by atoms with Crippen LogP contribution in [0.1, 0.15) is 50.9 Å². The van der Waals surface area contributed by atoms with Crippen molar-refractivity contribution in [3.05, 3.63) is 46.2 Å². The predicted molar refractivity (Wildman–Crippen MR) is 130 cm³/mol. The largest absolute Gasteiger partial charge is 0.489 e. The highest BCUT2D eigenvalue weighted by Gasteiger charge is 2.34. The molecule has 1 amide bonds. The number of likely N-dealkylation sites (tertiary alicyclic amines) is 1. The molecule has 0 saturated carbocycles. The van der Waals surface area contributed by atoms with Crippen LogP contribution in [0.25, 0.3) is 0 Å². The van der Waals surface area contributed by atoms with Crippen molar-refractivity contribution < 1.29 is 19.0 Å². The van der Waals surface area contributed by atoms with Crippen molar-refractivity contribution in [2.45, 2.75) is 64.2 Å². The molecule has 0 bridgehead atoms. The third kappa shape index (κ3) is 5.44. The Morgan fingerprint density at radius 3 is 2.65 bits per heavy atom. The molecule has 0 radical (unpaired) electrons. The normalized spacial score (nSPS) is 18.5. The zero-order valence-corrected chi connectivity index (χ0v) is 21.2. The second-order valence-corrected chi connectivity index (χ2v) is 10.4. The summed E-state index contributed by atoms with van der Waals surface area (Å²) in [7, 11) is 0. The zero-order chi connectivity index (χ0) is 24.5. The molecule has 0 aliphatic carbocycles. The Morgan fingerprint density at radius 1 is 1.24 bits per heavy atom. The van der Waals surface area contributed by atoms with Gasteiger partial charge in [0.2, 0.25) is 0 Å². The molecule has 10 heteroatoms. The lowest BCUT2D eigenvalue weighted by atomic mass is 9.96. The maximum atomic E-state index is 12.3. The first-order chi connectivity index (χ1) is 16.2. The summed E-state index contributed by atoms with van der Waals surface area (Å²) < 4.78 is 19.5. The lowest BCUT2D eigenvalue weighted by Crippen LogP contribution is -2.44. The average Bonchev–Trinajstić information content (AvgIpc) is 3.35. The van der Waals surface area contributed by atoms with E-state index in [4.69, 9.17) is 37.4 Å². The first-order valence-corrected chi connectivity index (χ1v) is 12.2. The molecule has 0 N–H and O–H groups in total. The van der Waals surface area contributed by atoms with Crippen LogP contribution in [0.3, 0.4) is 0 Å². The first kappa shape index (κ1) is 24.7. The minimum atomic E-state index is -0.508. The molecule has 1 atom stereocenters. The van der Waals surface area contributed by atoms with E-state index >= 15 is 0 Å². The van der Waals surface area contributed by atoms with Gasteiger partial charge in [0.25, 0.3) is 0 Å². The number of carbonyl (C=O) groups is 1. The van der Waals surface area contributed by atoms with Gasteiger partial charge in [0.1, 0.15) is 29.9 Å². The van der Waals surface area contributed by atoms with Crippen LogP contribution in [0.4, 0.5) is 4.79 Å². The number of piperidine rings is 1. The van der Waals surface area contributed by atoms with Crippen LogP contribution in [0.15, 0.2) is 24.8 Å². The number of ether oxygens (including phenoxy) is 3. The highest BCUT2D eigenvalue weighted by atomic mass is 35.5. The van der Waals surface area contributed by atoms with E-state index in [1.165, 1.54) is 0 Å². The smallest absolute Gasteiger partial charge is 0.410 e. The summed E-state index contributed by atoms with van der Waals surface area (Å²) in [6.07, 6.45) is 3.40. The van der Waals surface area contributed by atoms with Gasteiger partial charge in [0.15, 0.2) is 0 Å². The molecule has 1 aromatic carbocycles. The third-order valence-electron chi connectivity index (χ3n) is 5.85. The lowest BCUT2D eigenvalue weighted by molar-refractivity contribution is 0.0115. The standard InChI is InChI=1S/C24H30Cl2N4O4/c1-5-12-32-18-7-6-17(25)21(26)20(18)15-13-19-27-28-22(30(19)14-15)33-16-8-10-29(11-9-16)23(31)34-24(2,3)4/h5-7,15-16H,1,8-14H2,2-4H3. The number of benzene rings is 1. The summed E-state index contributed by atoms with van der Waals surface area (Å²) in [5, 5.41) is 9.57. The van der Waals surface area contributed by atoms with Crippen molar-refractivity contribution in [2.24, 2.45) is 0 Å². The van der Waals surface area contributed by atoms with E-state index in [0.29, 0.717) is 67.3 Å². The Kier molecular flexibility index (Phi) is 7.28. The van der Waals surface area contributed by atoms with E-state index in [2.05, 4.69) is 16.8 Å². The summed E-state index contributed by atoms with van der Waals surface area (Å²) in [5.41, 5.74) is 0.351. The summed E-state index contributed by atoms with van der Waals surface area (Å²) in [6.45, 7) is 11.4. The molecule has 2 aromatic rings. The van der Waals surface area contributed by atoms with Crippen LogP contribution in [-0.2, 0) is 17.7 Å². The second-order valence-electron chi connectivity index (χ2n) is 9.57. The molecule has 1 fully saturated rings. The number of carbonyl (C=O) groups excluding carboxylic acids is 1. The fraction of sp³-hybridized carbons (Fsp3) is 0.542. The maximum Gasteiger partial charge on any atom is 0.410 e. The van der Waals surface area contributed by atoms with E-state index in [9.17, 15) is 4.79 Å². The third-order valence-corrected chi connectivity index (χ3v) is 6.67. The number of hydrogen-bond donors (Lipinski definition) is 0. The van der Waals surface area contributed by atoms with Gasteiger partial charge in [-0.25, -0.2) is 4.79 Å². The van der Waals surface area contributed by atoms with Gasteiger partial charge >= 0.3 is 12.1 Å². The van der Waals surface area contributed by atoms with Gasteiger partial charge in [-0.15, -0.1) is 5.10 Å². The minimum absolute atomic E-state index is 0.0351. The lowest BCUT2D eigenvalue weighted by Gasteiger charge is -2.33. The van der Waals surface area contributed by atoms with Crippen molar-refractivity contribution in [3.8, 4) is 11.8 Å². The van der Waals surface area contributed by atoms with Gasteiger partial charge in [0.05, 0.1) is 10.0 Å². The zero-order valence-electron chi connectivity index (χ0n) is 19.7. The topological polar surface area (TPSA) is 78.7 Å². The fourth-order valence-electron chi connectivity index (χ4n) is 4.27. The van der Waals surface area contributed by atoms with E-state index < -0.39 is 5.60 Å². The van der Waals surface area contributed by atoms with Crippen LogP contribution in [0, 0.1) is 0 Å². The molecule has 2 aliphatic heterocycles.